The van der Waals surface area contributed by atoms with Gasteiger partial charge in [0.1, 0.15) is 12.4 Å². The topological polar surface area (TPSA) is 74.4 Å². The van der Waals surface area contributed by atoms with Gasteiger partial charge in [0.25, 0.3) is 5.89 Å². The van der Waals surface area contributed by atoms with Gasteiger partial charge in [-0.2, -0.15) is 4.98 Å². The molecule has 1 fully saturated rings. The van der Waals surface area contributed by atoms with Crippen molar-refractivity contribution in [2.24, 2.45) is 0 Å². The molecule has 1 aromatic heterocycles. The van der Waals surface area contributed by atoms with Gasteiger partial charge in [-0.25, -0.2) is 4.39 Å². The van der Waals surface area contributed by atoms with Gasteiger partial charge in [0.15, 0.2) is 5.82 Å². The summed E-state index contributed by atoms with van der Waals surface area (Å²) >= 11 is 0. The summed E-state index contributed by atoms with van der Waals surface area (Å²) < 4.78 is 18.6. The number of anilines is 1. The summed E-state index contributed by atoms with van der Waals surface area (Å²) in [5.41, 5.74) is 0.689. The quantitative estimate of drug-likeness (QED) is 0.840. The van der Waals surface area contributed by atoms with Gasteiger partial charge in [0, 0.05) is 32.1 Å². The Morgan fingerprint density at radius 1 is 1.30 bits per heavy atom. The van der Waals surface area contributed by atoms with Crippen molar-refractivity contribution in [3.8, 4) is 0 Å². The SMILES string of the molecule is OCc1nc(CCNC2CCN(c3ccccc3F)CC2)no1. The van der Waals surface area contributed by atoms with Crippen LogP contribution in [0.5, 0.6) is 0 Å². The summed E-state index contributed by atoms with van der Waals surface area (Å²) in [5, 5.41) is 16.1. The number of aliphatic hydroxyl groups is 1. The summed E-state index contributed by atoms with van der Waals surface area (Å²) in [7, 11) is 0. The molecule has 7 heteroatoms. The maximum Gasteiger partial charge on any atom is 0.252 e. The lowest BCUT2D eigenvalue weighted by molar-refractivity contribution is 0.222. The fraction of sp³-hybridized carbons (Fsp3) is 0.500. The van der Waals surface area contributed by atoms with Crippen LogP contribution in [0, 0.1) is 5.82 Å². The molecule has 2 aromatic rings. The number of hydrogen-bond donors (Lipinski definition) is 2. The first-order chi connectivity index (χ1) is 11.3. The third kappa shape index (κ3) is 4.05. The van der Waals surface area contributed by atoms with Gasteiger partial charge in [-0.05, 0) is 25.0 Å². The molecule has 2 N–H and O–H groups in total. The monoisotopic (exact) mass is 320 g/mol. The first-order valence-corrected chi connectivity index (χ1v) is 7.91. The molecule has 1 aromatic carbocycles. The highest BCUT2D eigenvalue weighted by Gasteiger charge is 2.20. The van der Waals surface area contributed by atoms with Crippen molar-refractivity contribution in [2.45, 2.75) is 31.9 Å². The average Bonchev–Trinajstić information content (AvgIpc) is 3.04. The maximum atomic E-state index is 13.8. The number of nitrogens with one attached hydrogen (secondary N) is 1. The van der Waals surface area contributed by atoms with E-state index in [2.05, 4.69) is 20.4 Å². The van der Waals surface area contributed by atoms with Crippen molar-refractivity contribution in [3.05, 3.63) is 41.8 Å². The third-order valence-corrected chi connectivity index (χ3v) is 4.12. The van der Waals surface area contributed by atoms with Crippen LogP contribution in [0.3, 0.4) is 0 Å². The summed E-state index contributed by atoms with van der Waals surface area (Å²) in [6.07, 6.45) is 2.61. The zero-order valence-corrected chi connectivity index (χ0v) is 12.9. The van der Waals surface area contributed by atoms with E-state index >= 15 is 0 Å². The second-order valence-corrected chi connectivity index (χ2v) is 5.68. The van der Waals surface area contributed by atoms with Gasteiger partial charge < -0.3 is 19.8 Å². The molecule has 23 heavy (non-hydrogen) atoms. The minimum atomic E-state index is -0.227. The van der Waals surface area contributed by atoms with E-state index in [-0.39, 0.29) is 18.3 Å². The lowest BCUT2D eigenvalue weighted by Gasteiger charge is -2.34. The minimum Gasteiger partial charge on any atom is -0.387 e. The molecule has 0 radical (unpaired) electrons. The molecule has 0 aliphatic carbocycles. The van der Waals surface area contributed by atoms with Crippen LogP contribution in [-0.2, 0) is 13.0 Å². The van der Waals surface area contributed by atoms with Crippen LogP contribution < -0.4 is 10.2 Å². The van der Waals surface area contributed by atoms with Gasteiger partial charge in [-0.15, -0.1) is 0 Å². The summed E-state index contributed by atoms with van der Waals surface area (Å²) in [4.78, 5) is 6.15. The van der Waals surface area contributed by atoms with Crippen LogP contribution in [0.2, 0.25) is 0 Å². The van der Waals surface area contributed by atoms with E-state index < -0.39 is 0 Å². The lowest BCUT2D eigenvalue weighted by atomic mass is 10.0. The van der Waals surface area contributed by atoms with Crippen molar-refractivity contribution in [2.75, 3.05) is 24.5 Å². The molecule has 1 aliphatic rings. The Morgan fingerprint density at radius 3 is 2.78 bits per heavy atom. The smallest absolute Gasteiger partial charge is 0.252 e. The number of aromatic nitrogens is 2. The number of aliphatic hydroxyl groups excluding tert-OH is 1. The highest BCUT2D eigenvalue weighted by atomic mass is 19.1. The molecule has 0 spiro atoms. The minimum absolute atomic E-state index is 0.157. The lowest BCUT2D eigenvalue weighted by Crippen LogP contribution is -2.43. The van der Waals surface area contributed by atoms with E-state index in [1.807, 2.05) is 12.1 Å². The molecule has 0 unspecified atom stereocenters. The van der Waals surface area contributed by atoms with Crippen molar-refractivity contribution in [1.82, 2.24) is 15.5 Å². The first-order valence-electron chi connectivity index (χ1n) is 7.91. The Balaban J connectivity index is 1.42. The summed E-state index contributed by atoms with van der Waals surface area (Å²) in [6, 6.07) is 7.34. The van der Waals surface area contributed by atoms with Gasteiger partial charge in [0.2, 0.25) is 0 Å². The Bertz CT molecular complexity index is 626. The molecule has 3 rings (SSSR count). The predicted octanol–water partition coefficient (Wildman–Crippen LogP) is 1.50. The molecule has 6 nitrogen and oxygen atoms in total. The highest BCUT2D eigenvalue weighted by molar-refractivity contribution is 5.47. The third-order valence-electron chi connectivity index (χ3n) is 4.12. The van der Waals surface area contributed by atoms with E-state index in [0.29, 0.717) is 24.0 Å². The van der Waals surface area contributed by atoms with Crippen LogP contribution >= 0.6 is 0 Å². The Labute approximate surface area is 134 Å². The predicted molar refractivity (Wildman–Crippen MR) is 83.6 cm³/mol. The molecule has 1 aliphatic heterocycles. The van der Waals surface area contributed by atoms with Crippen LogP contribution in [0.4, 0.5) is 10.1 Å². The van der Waals surface area contributed by atoms with E-state index in [4.69, 9.17) is 9.63 Å². The average molecular weight is 320 g/mol. The van der Waals surface area contributed by atoms with Crippen molar-refractivity contribution >= 4 is 5.69 Å². The van der Waals surface area contributed by atoms with Crippen molar-refractivity contribution in [3.63, 3.8) is 0 Å². The van der Waals surface area contributed by atoms with Crippen LogP contribution in [-0.4, -0.2) is 40.9 Å². The van der Waals surface area contributed by atoms with Crippen molar-refractivity contribution < 1.29 is 14.0 Å². The molecular weight excluding hydrogens is 299 g/mol. The van der Waals surface area contributed by atoms with Crippen LogP contribution in [0.15, 0.2) is 28.8 Å². The van der Waals surface area contributed by atoms with Crippen LogP contribution in [0.25, 0.3) is 0 Å². The van der Waals surface area contributed by atoms with E-state index in [0.717, 1.165) is 32.5 Å². The first kappa shape index (κ1) is 15.9. The molecular formula is C16H21FN4O2. The number of halogens is 1. The molecule has 0 atom stereocenters. The summed E-state index contributed by atoms with van der Waals surface area (Å²) in [6.45, 7) is 2.22. The van der Waals surface area contributed by atoms with Gasteiger partial charge in [0.05, 0.1) is 5.69 Å². The number of benzene rings is 1. The number of hydrogen-bond acceptors (Lipinski definition) is 6. The largest absolute Gasteiger partial charge is 0.387 e. The zero-order chi connectivity index (χ0) is 16.1. The molecule has 2 heterocycles. The van der Waals surface area contributed by atoms with Gasteiger partial charge in [-0.3, -0.25) is 0 Å². The zero-order valence-electron chi connectivity index (χ0n) is 12.9. The standard InChI is InChI=1S/C16H21FN4O2/c17-13-3-1-2-4-14(13)21-9-6-12(7-10-21)18-8-5-15-19-16(11-22)23-20-15/h1-4,12,18,22H,5-11H2. The second kappa shape index (κ2) is 7.52. The van der Waals surface area contributed by atoms with Crippen LogP contribution in [0.1, 0.15) is 24.6 Å². The normalized spacial score (nSPS) is 16.0. The Morgan fingerprint density at radius 2 is 2.09 bits per heavy atom. The Hall–Kier alpha value is -1.99. The fourth-order valence-electron chi connectivity index (χ4n) is 2.88. The number of rotatable bonds is 6. The maximum absolute atomic E-state index is 13.8. The van der Waals surface area contributed by atoms with E-state index in [9.17, 15) is 4.39 Å². The Kier molecular flexibility index (Phi) is 5.19. The summed E-state index contributed by atoms with van der Waals surface area (Å²) in [5.74, 6) is 0.694. The number of para-hydroxylation sites is 1. The molecule has 124 valence electrons. The molecule has 0 amide bonds. The van der Waals surface area contributed by atoms with E-state index in [1.54, 1.807) is 6.07 Å². The van der Waals surface area contributed by atoms with E-state index in [1.165, 1.54) is 6.07 Å². The second-order valence-electron chi connectivity index (χ2n) is 5.68. The molecule has 1 saturated heterocycles. The fourth-order valence-corrected chi connectivity index (χ4v) is 2.88. The number of piperidine rings is 1. The van der Waals surface area contributed by atoms with Gasteiger partial charge in [-0.1, -0.05) is 17.3 Å². The molecule has 0 bridgehead atoms. The van der Waals surface area contributed by atoms with Crippen molar-refractivity contribution in [1.29, 1.82) is 0 Å². The highest BCUT2D eigenvalue weighted by Crippen LogP contribution is 2.22. The van der Waals surface area contributed by atoms with Gasteiger partial charge >= 0.3 is 0 Å². The number of nitrogens with zero attached hydrogens (tertiary/aromatic N) is 3. The molecule has 0 saturated carbocycles.